The molecule has 1 amide bonds. The highest BCUT2D eigenvalue weighted by Gasteiger charge is 2.43. The van der Waals surface area contributed by atoms with Gasteiger partial charge in [0.1, 0.15) is 12.4 Å². The minimum Gasteiger partial charge on any atom is -0.494 e. The predicted octanol–water partition coefficient (Wildman–Crippen LogP) is 4.12. The Morgan fingerprint density at radius 1 is 1.17 bits per heavy atom. The number of amides is 1. The quantitative estimate of drug-likeness (QED) is 0.315. The third kappa shape index (κ3) is 8.23. The number of rotatable bonds is 12. The van der Waals surface area contributed by atoms with Crippen LogP contribution in [0.3, 0.4) is 0 Å². The molecule has 0 radical (unpaired) electrons. The average molecular weight is 480 g/mol. The summed E-state index contributed by atoms with van der Waals surface area (Å²) in [4.78, 5) is 18.0. The molecule has 2 aromatic rings. The molecule has 1 aliphatic heterocycles. The standard InChI is InChI=1S/C28H37N3O4/c1-27(2,3)17-18-29-31-26(33)28(16-7-11-22-9-5-4-6-10-22)21-35-25(30-28)23-12-14-24(15-13-23)34-20-8-19-32/h4-7,9-15,29,32H,8,16-21H2,1-3H3,(H,31,33)/b11-7+/t28-/m0/s1. The maximum atomic E-state index is 13.3. The van der Waals surface area contributed by atoms with Gasteiger partial charge in [-0.15, -0.1) is 0 Å². The first-order valence-electron chi connectivity index (χ1n) is 12.1. The van der Waals surface area contributed by atoms with Crippen molar-refractivity contribution in [2.45, 2.75) is 45.6 Å². The van der Waals surface area contributed by atoms with Crippen LogP contribution < -0.4 is 15.6 Å². The van der Waals surface area contributed by atoms with Crippen LogP contribution in [0, 0.1) is 5.41 Å². The Labute approximate surface area is 208 Å². The van der Waals surface area contributed by atoms with Gasteiger partial charge in [0.25, 0.3) is 5.91 Å². The first-order valence-corrected chi connectivity index (χ1v) is 12.1. The number of hydrazine groups is 1. The van der Waals surface area contributed by atoms with E-state index in [2.05, 4.69) is 31.6 Å². The Bertz CT molecular complexity index is 997. The molecular formula is C28H37N3O4. The van der Waals surface area contributed by atoms with Gasteiger partial charge in [-0.05, 0) is 41.7 Å². The zero-order chi connectivity index (χ0) is 25.2. The number of hydrogen-bond donors (Lipinski definition) is 3. The molecule has 0 spiro atoms. The fourth-order valence-corrected chi connectivity index (χ4v) is 3.51. The van der Waals surface area contributed by atoms with Crippen molar-refractivity contribution < 1.29 is 19.4 Å². The summed E-state index contributed by atoms with van der Waals surface area (Å²) in [7, 11) is 0. The second-order valence-corrected chi connectivity index (χ2v) is 9.90. The molecule has 35 heavy (non-hydrogen) atoms. The molecule has 1 heterocycles. The number of aliphatic imine (C=N–C) groups is 1. The molecule has 0 saturated heterocycles. The van der Waals surface area contributed by atoms with Crippen molar-refractivity contribution in [3.05, 3.63) is 71.8 Å². The maximum absolute atomic E-state index is 13.3. The zero-order valence-electron chi connectivity index (χ0n) is 20.9. The molecule has 188 valence electrons. The number of ether oxygens (including phenoxy) is 2. The molecule has 2 aromatic carbocycles. The number of nitrogens with zero attached hydrogens (tertiary/aromatic N) is 1. The third-order valence-corrected chi connectivity index (χ3v) is 5.63. The number of hydrogen-bond acceptors (Lipinski definition) is 6. The number of aliphatic hydroxyl groups is 1. The summed E-state index contributed by atoms with van der Waals surface area (Å²) in [6.07, 6.45) is 5.87. The highest BCUT2D eigenvalue weighted by Crippen LogP contribution is 2.28. The van der Waals surface area contributed by atoms with Crippen LogP contribution in [0.4, 0.5) is 0 Å². The van der Waals surface area contributed by atoms with Gasteiger partial charge in [0, 0.05) is 31.6 Å². The van der Waals surface area contributed by atoms with E-state index in [0.29, 0.717) is 37.6 Å². The van der Waals surface area contributed by atoms with Crippen molar-refractivity contribution in [1.29, 1.82) is 0 Å². The van der Waals surface area contributed by atoms with Crippen molar-refractivity contribution >= 4 is 17.9 Å². The topological polar surface area (TPSA) is 92.2 Å². The molecule has 0 fully saturated rings. The summed E-state index contributed by atoms with van der Waals surface area (Å²) < 4.78 is 11.5. The fourth-order valence-electron chi connectivity index (χ4n) is 3.51. The van der Waals surface area contributed by atoms with Crippen molar-refractivity contribution in [3.8, 4) is 5.75 Å². The van der Waals surface area contributed by atoms with Crippen molar-refractivity contribution in [1.82, 2.24) is 10.9 Å². The van der Waals surface area contributed by atoms with Crippen LogP contribution in [-0.4, -0.2) is 48.8 Å². The highest BCUT2D eigenvalue weighted by molar-refractivity contribution is 6.00. The van der Waals surface area contributed by atoms with Crippen LogP contribution in [0.1, 0.15) is 51.2 Å². The molecule has 3 N–H and O–H groups in total. The third-order valence-electron chi connectivity index (χ3n) is 5.63. The van der Waals surface area contributed by atoms with Gasteiger partial charge in [0.05, 0.1) is 6.61 Å². The number of carbonyl (C=O) groups excluding carboxylic acids is 1. The summed E-state index contributed by atoms with van der Waals surface area (Å²) in [5.74, 6) is 0.923. The first-order chi connectivity index (χ1) is 16.8. The Morgan fingerprint density at radius 3 is 2.60 bits per heavy atom. The van der Waals surface area contributed by atoms with Crippen LogP contribution in [0.25, 0.3) is 6.08 Å². The maximum Gasteiger partial charge on any atom is 0.266 e. The van der Waals surface area contributed by atoms with E-state index in [1.165, 1.54) is 0 Å². The lowest BCUT2D eigenvalue weighted by Crippen LogP contribution is -2.51. The van der Waals surface area contributed by atoms with Gasteiger partial charge < -0.3 is 14.6 Å². The lowest BCUT2D eigenvalue weighted by Gasteiger charge is -2.23. The van der Waals surface area contributed by atoms with Gasteiger partial charge >= 0.3 is 0 Å². The van der Waals surface area contributed by atoms with E-state index in [9.17, 15) is 4.79 Å². The lowest BCUT2D eigenvalue weighted by atomic mass is 9.92. The van der Waals surface area contributed by atoms with E-state index >= 15 is 0 Å². The first kappa shape index (κ1) is 26.4. The second-order valence-electron chi connectivity index (χ2n) is 9.90. The van der Waals surface area contributed by atoms with Gasteiger partial charge in [-0.1, -0.05) is 63.3 Å². The molecule has 0 unspecified atom stereocenters. The van der Waals surface area contributed by atoms with Gasteiger partial charge in [-0.2, -0.15) is 0 Å². The molecule has 0 aromatic heterocycles. The normalized spacial score (nSPS) is 17.8. The molecule has 3 rings (SSSR count). The van der Waals surface area contributed by atoms with E-state index in [1.54, 1.807) is 0 Å². The molecule has 0 aliphatic carbocycles. The van der Waals surface area contributed by atoms with Gasteiger partial charge in [-0.3, -0.25) is 10.2 Å². The van der Waals surface area contributed by atoms with Crippen LogP contribution >= 0.6 is 0 Å². The van der Waals surface area contributed by atoms with E-state index < -0.39 is 5.54 Å². The van der Waals surface area contributed by atoms with Crippen LogP contribution in [0.2, 0.25) is 0 Å². The largest absolute Gasteiger partial charge is 0.494 e. The summed E-state index contributed by atoms with van der Waals surface area (Å²) in [5.41, 5.74) is 6.85. The van der Waals surface area contributed by atoms with Gasteiger partial charge in [0.15, 0.2) is 5.54 Å². The molecule has 7 heteroatoms. The number of nitrogens with one attached hydrogen (secondary N) is 2. The Kier molecular flexibility index (Phi) is 9.46. The van der Waals surface area contributed by atoms with Crippen molar-refractivity contribution in [3.63, 3.8) is 0 Å². The van der Waals surface area contributed by atoms with E-state index in [4.69, 9.17) is 19.6 Å². The molecular weight excluding hydrogens is 442 g/mol. The summed E-state index contributed by atoms with van der Waals surface area (Å²) in [5, 5.41) is 8.90. The SMILES string of the molecule is CC(C)(C)CCNNC(=O)[C@]1(C/C=C/c2ccccc2)COC(c2ccc(OCCCO)cc2)=N1. The smallest absolute Gasteiger partial charge is 0.266 e. The van der Waals surface area contributed by atoms with Crippen LogP contribution in [0.15, 0.2) is 65.7 Å². The van der Waals surface area contributed by atoms with Crippen molar-refractivity contribution in [2.24, 2.45) is 10.4 Å². The molecule has 0 saturated carbocycles. The van der Waals surface area contributed by atoms with Gasteiger partial charge in [0.2, 0.25) is 5.90 Å². The minimum absolute atomic E-state index is 0.0939. The van der Waals surface area contributed by atoms with Gasteiger partial charge in [-0.25, -0.2) is 10.4 Å². The minimum atomic E-state index is -1.06. The van der Waals surface area contributed by atoms with E-state index in [0.717, 1.165) is 17.5 Å². The Morgan fingerprint density at radius 2 is 1.91 bits per heavy atom. The number of benzene rings is 2. The number of aliphatic hydroxyl groups excluding tert-OH is 1. The van der Waals surface area contributed by atoms with Crippen LogP contribution in [0.5, 0.6) is 5.75 Å². The molecule has 7 nitrogen and oxygen atoms in total. The average Bonchev–Trinajstić information content (AvgIpc) is 3.28. The van der Waals surface area contributed by atoms with Crippen molar-refractivity contribution in [2.75, 3.05) is 26.4 Å². The summed E-state index contributed by atoms with van der Waals surface area (Å²) in [6.45, 7) is 7.86. The van der Waals surface area contributed by atoms with E-state index in [-0.39, 0.29) is 24.5 Å². The Hall–Kier alpha value is -3.16. The fraction of sp³-hybridized carbons (Fsp3) is 0.429. The summed E-state index contributed by atoms with van der Waals surface area (Å²) >= 11 is 0. The summed E-state index contributed by atoms with van der Waals surface area (Å²) in [6, 6.07) is 17.4. The lowest BCUT2D eigenvalue weighted by molar-refractivity contribution is -0.127. The number of carbonyl (C=O) groups is 1. The van der Waals surface area contributed by atoms with Crippen LogP contribution in [-0.2, 0) is 9.53 Å². The van der Waals surface area contributed by atoms with E-state index in [1.807, 2.05) is 66.7 Å². The zero-order valence-corrected chi connectivity index (χ0v) is 20.9. The Balaban J connectivity index is 1.73. The second kappa shape index (κ2) is 12.5. The monoisotopic (exact) mass is 479 g/mol. The molecule has 1 atom stereocenters. The molecule has 1 aliphatic rings. The highest BCUT2D eigenvalue weighted by atomic mass is 16.5. The molecule has 0 bridgehead atoms. The predicted molar refractivity (Wildman–Crippen MR) is 139 cm³/mol.